The van der Waals surface area contributed by atoms with Crippen molar-refractivity contribution in [1.29, 1.82) is 0 Å². The Hall–Kier alpha value is -2.30. The minimum atomic E-state index is -3.82. The molecule has 2 N–H and O–H groups in total. The molecule has 0 aliphatic carbocycles. The van der Waals surface area contributed by atoms with Crippen molar-refractivity contribution in [2.75, 3.05) is 32.8 Å². The second-order valence-electron chi connectivity index (χ2n) is 6.68. The zero-order valence-corrected chi connectivity index (χ0v) is 16.3. The summed E-state index contributed by atoms with van der Waals surface area (Å²) in [5.41, 5.74) is 1.04. The third-order valence-electron chi connectivity index (χ3n) is 4.64. The monoisotopic (exact) mass is 410 g/mol. The number of nitrogens with zero attached hydrogens (tertiary/aromatic N) is 2. The third-order valence-corrected chi connectivity index (χ3v) is 6.17. The number of rotatable bonds is 7. The number of sulfonamides is 1. The minimum absolute atomic E-state index is 0.0378. The number of ether oxygens (including phenoxy) is 1. The fourth-order valence-corrected chi connectivity index (χ4v) is 4.35. The van der Waals surface area contributed by atoms with Gasteiger partial charge in [-0.25, -0.2) is 17.5 Å². The lowest BCUT2D eigenvalue weighted by molar-refractivity contribution is -0.139. The van der Waals surface area contributed by atoms with E-state index in [2.05, 4.69) is 14.9 Å². The van der Waals surface area contributed by atoms with Gasteiger partial charge in [0.15, 0.2) is 0 Å². The number of halogens is 1. The molecule has 0 spiro atoms. The summed E-state index contributed by atoms with van der Waals surface area (Å²) < 4.78 is 46.4. The maximum atomic E-state index is 13.5. The first-order valence-electron chi connectivity index (χ1n) is 8.97. The van der Waals surface area contributed by atoms with E-state index >= 15 is 0 Å². The Morgan fingerprint density at radius 3 is 2.79 bits per heavy atom. The van der Waals surface area contributed by atoms with Gasteiger partial charge in [0.05, 0.1) is 31.0 Å². The van der Waals surface area contributed by atoms with Crippen LogP contribution < -0.4 is 4.72 Å². The van der Waals surface area contributed by atoms with Crippen LogP contribution in [0.15, 0.2) is 35.4 Å². The Morgan fingerprint density at radius 2 is 2.14 bits per heavy atom. The number of carbonyl (C=O) groups excluding carboxylic acids is 1. The van der Waals surface area contributed by atoms with Gasteiger partial charge < -0.3 is 9.64 Å². The number of H-pyrrole nitrogens is 1. The average molecular weight is 410 g/mol. The van der Waals surface area contributed by atoms with E-state index in [1.54, 1.807) is 24.0 Å². The summed E-state index contributed by atoms with van der Waals surface area (Å²) in [6, 6.07) is 5.97. The van der Waals surface area contributed by atoms with E-state index in [1.165, 1.54) is 18.3 Å². The number of amides is 1. The first-order valence-corrected chi connectivity index (χ1v) is 10.5. The molecular weight excluding hydrogens is 387 g/mol. The molecule has 28 heavy (non-hydrogen) atoms. The SMILES string of the molecule is Cc1[nH]ncc1S(=O)(=O)NCC(Cc1cccc(F)c1)C(=O)N1CCOCC1. The van der Waals surface area contributed by atoms with Gasteiger partial charge in [-0.15, -0.1) is 0 Å². The Morgan fingerprint density at radius 1 is 1.39 bits per heavy atom. The van der Waals surface area contributed by atoms with E-state index in [9.17, 15) is 17.6 Å². The third kappa shape index (κ3) is 4.94. The number of hydrogen-bond donors (Lipinski definition) is 2. The number of nitrogens with one attached hydrogen (secondary N) is 2. The lowest BCUT2D eigenvalue weighted by Gasteiger charge is -2.30. The van der Waals surface area contributed by atoms with E-state index in [0.717, 1.165) is 0 Å². The van der Waals surface area contributed by atoms with E-state index in [1.807, 2.05) is 0 Å². The molecule has 1 saturated heterocycles. The van der Waals surface area contributed by atoms with E-state index < -0.39 is 21.8 Å². The topological polar surface area (TPSA) is 104 Å². The molecule has 1 aromatic carbocycles. The molecule has 3 rings (SSSR count). The molecular formula is C18H23FN4O4S. The van der Waals surface area contributed by atoms with Crippen LogP contribution >= 0.6 is 0 Å². The van der Waals surface area contributed by atoms with Crippen LogP contribution in [0.5, 0.6) is 0 Å². The normalized spacial score (nSPS) is 16.1. The smallest absolute Gasteiger partial charge is 0.243 e. The van der Waals surface area contributed by atoms with Crippen LogP contribution in [0.3, 0.4) is 0 Å². The minimum Gasteiger partial charge on any atom is -0.378 e. The fourth-order valence-electron chi connectivity index (χ4n) is 3.14. The summed E-state index contributed by atoms with van der Waals surface area (Å²) in [5.74, 6) is -1.24. The number of benzene rings is 1. The van der Waals surface area contributed by atoms with Crippen LogP contribution in [0.25, 0.3) is 0 Å². The Bertz CT molecular complexity index is 925. The zero-order valence-electron chi connectivity index (χ0n) is 15.5. The molecule has 0 saturated carbocycles. The first-order chi connectivity index (χ1) is 13.4. The highest BCUT2D eigenvalue weighted by molar-refractivity contribution is 7.89. The molecule has 8 nitrogen and oxygen atoms in total. The van der Waals surface area contributed by atoms with Crippen LogP contribution in [-0.4, -0.2) is 62.3 Å². The summed E-state index contributed by atoms with van der Waals surface area (Å²) >= 11 is 0. The zero-order chi connectivity index (χ0) is 20.1. The van der Waals surface area contributed by atoms with Gasteiger partial charge in [-0.2, -0.15) is 5.10 Å². The summed E-state index contributed by atoms with van der Waals surface area (Å²) in [5, 5.41) is 6.31. The van der Waals surface area contributed by atoms with Crippen molar-refractivity contribution < 1.29 is 22.3 Å². The number of morpholine rings is 1. The van der Waals surface area contributed by atoms with E-state index in [0.29, 0.717) is 37.6 Å². The highest BCUT2D eigenvalue weighted by Gasteiger charge is 2.28. The summed E-state index contributed by atoms with van der Waals surface area (Å²) in [6.45, 7) is 3.29. The molecule has 0 radical (unpaired) electrons. The van der Waals surface area contributed by atoms with Gasteiger partial charge in [0.25, 0.3) is 0 Å². The highest BCUT2D eigenvalue weighted by atomic mass is 32.2. The van der Waals surface area contributed by atoms with Crippen molar-refractivity contribution in [2.45, 2.75) is 18.2 Å². The lowest BCUT2D eigenvalue weighted by atomic mass is 9.97. The van der Waals surface area contributed by atoms with Crippen LogP contribution in [0.4, 0.5) is 4.39 Å². The lowest BCUT2D eigenvalue weighted by Crippen LogP contribution is -2.47. The van der Waals surface area contributed by atoms with Crippen LogP contribution in [0.2, 0.25) is 0 Å². The van der Waals surface area contributed by atoms with Gasteiger partial charge in [0.1, 0.15) is 10.7 Å². The molecule has 1 aliphatic rings. The van der Waals surface area contributed by atoms with Gasteiger partial charge in [-0.1, -0.05) is 12.1 Å². The molecule has 1 aliphatic heterocycles. The maximum absolute atomic E-state index is 13.5. The maximum Gasteiger partial charge on any atom is 0.243 e. The number of aromatic nitrogens is 2. The standard InChI is InChI=1S/C18H23FN4O4S/c1-13-17(12-20-22-13)28(25,26)21-11-15(9-14-3-2-4-16(19)10-14)18(24)23-5-7-27-8-6-23/h2-4,10,12,15,21H,5-9,11H2,1H3,(H,20,22). The van der Waals surface area contributed by atoms with Gasteiger partial charge in [-0.3, -0.25) is 9.89 Å². The molecule has 1 unspecified atom stereocenters. The molecule has 2 heterocycles. The summed E-state index contributed by atoms with van der Waals surface area (Å²) in [7, 11) is -3.82. The Balaban J connectivity index is 1.77. The molecule has 1 aromatic heterocycles. The molecule has 1 atom stereocenters. The Kier molecular flexibility index (Phi) is 6.42. The predicted molar refractivity (Wildman–Crippen MR) is 99.5 cm³/mol. The van der Waals surface area contributed by atoms with Crippen molar-refractivity contribution >= 4 is 15.9 Å². The average Bonchev–Trinajstić information content (AvgIpc) is 3.12. The van der Waals surface area contributed by atoms with Gasteiger partial charge in [0, 0.05) is 19.6 Å². The number of aromatic amines is 1. The van der Waals surface area contributed by atoms with Gasteiger partial charge in [-0.05, 0) is 31.0 Å². The van der Waals surface area contributed by atoms with Crippen molar-refractivity contribution in [1.82, 2.24) is 19.8 Å². The summed E-state index contributed by atoms with van der Waals surface area (Å²) in [4.78, 5) is 14.7. The molecule has 1 fully saturated rings. The quantitative estimate of drug-likeness (QED) is 0.704. The second-order valence-corrected chi connectivity index (χ2v) is 8.42. The summed E-state index contributed by atoms with van der Waals surface area (Å²) in [6.07, 6.45) is 1.45. The van der Waals surface area contributed by atoms with Crippen molar-refractivity contribution in [3.63, 3.8) is 0 Å². The molecule has 1 amide bonds. The van der Waals surface area contributed by atoms with E-state index in [-0.39, 0.29) is 23.8 Å². The van der Waals surface area contributed by atoms with E-state index in [4.69, 9.17) is 4.74 Å². The molecule has 2 aromatic rings. The second kappa shape index (κ2) is 8.80. The van der Waals surface area contributed by atoms with Gasteiger partial charge in [0.2, 0.25) is 15.9 Å². The number of carbonyl (C=O) groups is 1. The molecule has 0 bridgehead atoms. The highest BCUT2D eigenvalue weighted by Crippen LogP contribution is 2.16. The molecule has 10 heteroatoms. The van der Waals surface area contributed by atoms with Crippen LogP contribution in [-0.2, 0) is 26.0 Å². The Labute approximate surface area is 163 Å². The largest absolute Gasteiger partial charge is 0.378 e. The van der Waals surface area contributed by atoms with Crippen LogP contribution in [0.1, 0.15) is 11.3 Å². The number of hydrogen-bond acceptors (Lipinski definition) is 5. The molecule has 152 valence electrons. The van der Waals surface area contributed by atoms with Crippen molar-refractivity contribution in [3.8, 4) is 0 Å². The van der Waals surface area contributed by atoms with Gasteiger partial charge >= 0.3 is 0 Å². The van der Waals surface area contributed by atoms with Crippen molar-refractivity contribution in [3.05, 3.63) is 47.5 Å². The van der Waals surface area contributed by atoms with Crippen molar-refractivity contribution in [2.24, 2.45) is 5.92 Å². The fraction of sp³-hybridized carbons (Fsp3) is 0.444. The van der Waals surface area contributed by atoms with Crippen LogP contribution in [0, 0.1) is 18.7 Å². The first kappa shape index (κ1) is 20.4. The number of aryl methyl sites for hydroxylation is 1. The predicted octanol–water partition coefficient (Wildman–Crippen LogP) is 0.853.